The van der Waals surface area contributed by atoms with Gasteiger partial charge in [0, 0.05) is 19.6 Å². The molecule has 2 heterocycles. The minimum atomic E-state index is -3.48. The second kappa shape index (κ2) is 5.31. The number of piperidine rings is 1. The molecule has 6 nitrogen and oxygen atoms in total. The zero-order valence-corrected chi connectivity index (χ0v) is 10.5. The summed E-state index contributed by atoms with van der Waals surface area (Å²) in [6.07, 6.45) is 2.40. The summed E-state index contributed by atoms with van der Waals surface area (Å²) in [5.74, 6) is 0. The molecule has 0 amide bonds. The molecule has 0 N–H and O–H groups in total. The van der Waals surface area contributed by atoms with E-state index in [-0.39, 0.29) is 0 Å². The number of hydrogen-bond acceptors (Lipinski definition) is 4. The first-order valence-corrected chi connectivity index (χ1v) is 7.30. The Morgan fingerprint density at radius 1 is 1.18 bits per heavy atom. The van der Waals surface area contributed by atoms with Crippen molar-refractivity contribution < 1.29 is 13.2 Å². The third kappa shape index (κ3) is 2.60. The monoisotopic (exact) mass is 259 g/mol. The van der Waals surface area contributed by atoms with Crippen molar-refractivity contribution in [2.24, 2.45) is 0 Å². The van der Waals surface area contributed by atoms with Crippen LogP contribution in [0.15, 0.2) is 0 Å². The average Bonchev–Trinajstić information content (AvgIpc) is 2.39. The smallest absolute Gasteiger partial charge is 0.283 e. The van der Waals surface area contributed by atoms with E-state index in [1.165, 1.54) is 8.61 Å². The van der Waals surface area contributed by atoms with E-state index in [9.17, 15) is 8.42 Å². The first kappa shape index (κ1) is 12.8. The molecule has 1 atom stereocenters. The molecule has 0 aliphatic carbocycles. The summed E-state index contributed by atoms with van der Waals surface area (Å²) in [7, 11) is -3.48. The number of rotatable bonds is 2. The molecule has 0 spiro atoms. The first-order chi connectivity index (χ1) is 8.16. The van der Waals surface area contributed by atoms with Gasteiger partial charge in [0.2, 0.25) is 0 Å². The van der Waals surface area contributed by atoms with Crippen molar-refractivity contribution in [1.82, 2.24) is 8.61 Å². The molecule has 7 heteroatoms. The lowest BCUT2D eigenvalue weighted by Crippen LogP contribution is -2.53. The molecule has 0 radical (unpaired) electrons. The van der Waals surface area contributed by atoms with Crippen LogP contribution in [0.25, 0.3) is 0 Å². The fourth-order valence-electron chi connectivity index (χ4n) is 2.24. The van der Waals surface area contributed by atoms with Gasteiger partial charge in [0.05, 0.1) is 19.3 Å². The summed E-state index contributed by atoms with van der Waals surface area (Å²) in [6, 6.07) is 1.58. The van der Waals surface area contributed by atoms with Crippen molar-refractivity contribution in [3.05, 3.63) is 0 Å². The van der Waals surface area contributed by atoms with Crippen molar-refractivity contribution in [2.45, 2.75) is 25.3 Å². The first-order valence-electron chi connectivity index (χ1n) is 5.90. The van der Waals surface area contributed by atoms with Crippen molar-refractivity contribution in [3.8, 4) is 6.07 Å². The maximum atomic E-state index is 12.4. The van der Waals surface area contributed by atoms with Crippen LogP contribution in [0, 0.1) is 11.3 Å². The number of ether oxygens (including phenoxy) is 1. The standard InChI is InChI=1S/C10H17N3O3S/c11-9-10-3-1-2-4-13(10)17(14,15)12-5-7-16-8-6-12/h10H,1-8H2. The average molecular weight is 259 g/mol. The molecule has 2 aliphatic rings. The molecular formula is C10H17N3O3S. The van der Waals surface area contributed by atoms with Crippen molar-refractivity contribution >= 4 is 10.2 Å². The van der Waals surface area contributed by atoms with Crippen LogP contribution in [0.5, 0.6) is 0 Å². The second-order valence-corrected chi connectivity index (χ2v) is 6.15. The van der Waals surface area contributed by atoms with Gasteiger partial charge >= 0.3 is 0 Å². The van der Waals surface area contributed by atoms with E-state index < -0.39 is 16.3 Å². The van der Waals surface area contributed by atoms with Gasteiger partial charge in [-0.2, -0.15) is 22.3 Å². The van der Waals surface area contributed by atoms with Gasteiger partial charge in [-0.05, 0) is 19.3 Å². The summed E-state index contributed by atoms with van der Waals surface area (Å²) in [6.45, 7) is 2.10. The van der Waals surface area contributed by atoms with Crippen molar-refractivity contribution in [2.75, 3.05) is 32.8 Å². The Morgan fingerprint density at radius 2 is 1.88 bits per heavy atom. The van der Waals surface area contributed by atoms with Crippen LogP contribution in [0.2, 0.25) is 0 Å². The topological polar surface area (TPSA) is 73.6 Å². The van der Waals surface area contributed by atoms with Gasteiger partial charge in [0.25, 0.3) is 10.2 Å². The molecule has 0 aromatic heterocycles. The fourth-order valence-corrected chi connectivity index (χ4v) is 3.98. The van der Waals surface area contributed by atoms with Crippen LogP contribution in [0.3, 0.4) is 0 Å². The Labute approximate surface area is 102 Å². The van der Waals surface area contributed by atoms with Crippen LogP contribution in [0.1, 0.15) is 19.3 Å². The third-order valence-corrected chi connectivity index (χ3v) is 5.24. The van der Waals surface area contributed by atoms with Gasteiger partial charge in [0.15, 0.2) is 0 Å². The van der Waals surface area contributed by atoms with E-state index in [1.54, 1.807) is 0 Å². The molecule has 2 aliphatic heterocycles. The Hall–Kier alpha value is -0.680. The summed E-state index contributed by atoms with van der Waals surface area (Å²) >= 11 is 0. The lowest BCUT2D eigenvalue weighted by Gasteiger charge is -2.36. The van der Waals surface area contributed by atoms with Gasteiger partial charge in [-0.3, -0.25) is 0 Å². The largest absolute Gasteiger partial charge is 0.379 e. The highest BCUT2D eigenvalue weighted by molar-refractivity contribution is 7.86. The SMILES string of the molecule is N#CC1CCCCN1S(=O)(=O)N1CCOCC1. The molecule has 2 saturated heterocycles. The highest BCUT2D eigenvalue weighted by atomic mass is 32.2. The van der Waals surface area contributed by atoms with E-state index in [2.05, 4.69) is 6.07 Å². The van der Waals surface area contributed by atoms with E-state index in [1.807, 2.05) is 0 Å². The van der Waals surface area contributed by atoms with Crippen molar-refractivity contribution in [1.29, 1.82) is 5.26 Å². The van der Waals surface area contributed by atoms with Gasteiger partial charge in [-0.15, -0.1) is 0 Å². The van der Waals surface area contributed by atoms with Crippen LogP contribution < -0.4 is 0 Å². The molecule has 0 aromatic carbocycles. The summed E-state index contributed by atoms with van der Waals surface area (Å²) in [5, 5.41) is 9.02. The highest BCUT2D eigenvalue weighted by Crippen LogP contribution is 2.22. The number of hydrogen-bond donors (Lipinski definition) is 0. The molecular weight excluding hydrogens is 242 g/mol. The molecule has 0 bridgehead atoms. The predicted octanol–water partition coefficient (Wildman–Crippen LogP) is -0.0585. The Morgan fingerprint density at radius 3 is 2.53 bits per heavy atom. The molecule has 17 heavy (non-hydrogen) atoms. The second-order valence-electron chi connectivity index (χ2n) is 4.27. The summed E-state index contributed by atoms with van der Waals surface area (Å²) in [4.78, 5) is 0. The highest BCUT2D eigenvalue weighted by Gasteiger charge is 2.37. The summed E-state index contributed by atoms with van der Waals surface area (Å²) < 4.78 is 32.6. The van der Waals surface area contributed by atoms with Gasteiger partial charge < -0.3 is 4.74 Å². The molecule has 0 saturated carbocycles. The third-order valence-electron chi connectivity index (χ3n) is 3.20. The Bertz CT molecular complexity index is 398. The number of morpholine rings is 1. The number of nitrogens with zero attached hydrogens (tertiary/aromatic N) is 3. The zero-order chi connectivity index (χ0) is 12.3. The maximum Gasteiger partial charge on any atom is 0.283 e. The minimum absolute atomic E-state index is 0.386. The van der Waals surface area contributed by atoms with Gasteiger partial charge in [0.1, 0.15) is 6.04 Å². The van der Waals surface area contributed by atoms with Crippen LogP contribution in [-0.4, -0.2) is 55.9 Å². The van der Waals surface area contributed by atoms with Gasteiger partial charge in [-0.1, -0.05) is 0 Å². The van der Waals surface area contributed by atoms with Crippen LogP contribution >= 0.6 is 0 Å². The van der Waals surface area contributed by atoms with Crippen LogP contribution in [0.4, 0.5) is 0 Å². The quantitative estimate of drug-likeness (QED) is 0.696. The van der Waals surface area contributed by atoms with Crippen molar-refractivity contribution in [3.63, 3.8) is 0 Å². The van der Waals surface area contributed by atoms with E-state index in [0.717, 1.165) is 12.8 Å². The van der Waals surface area contributed by atoms with E-state index >= 15 is 0 Å². The number of nitriles is 1. The fraction of sp³-hybridized carbons (Fsp3) is 0.900. The Balaban J connectivity index is 2.15. The van der Waals surface area contributed by atoms with Gasteiger partial charge in [-0.25, -0.2) is 0 Å². The maximum absolute atomic E-state index is 12.4. The molecule has 2 rings (SSSR count). The molecule has 0 aromatic rings. The lowest BCUT2D eigenvalue weighted by molar-refractivity contribution is 0.0690. The normalized spacial score (nSPS) is 28.8. The summed E-state index contributed by atoms with van der Waals surface area (Å²) in [5.41, 5.74) is 0. The van der Waals surface area contributed by atoms with E-state index in [0.29, 0.717) is 39.3 Å². The predicted molar refractivity (Wildman–Crippen MR) is 61.3 cm³/mol. The molecule has 96 valence electrons. The zero-order valence-electron chi connectivity index (χ0n) is 9.71. The molecule has 1 unspecified atom stereocenters. The molecule has 2 fully saturated rings. The van der Waals surface area contributed by atoms with E-state index in [4.69, 9.17) is 10.00 Å². The van der Waals surface area contributed by atoms with Crippen LogP contribution in [-0.2, 0) is 14.9 Å². The Kier molecular flexibility index (Phi) is 3.99. The minimum Gasteiger partial charge on any atom is -0.379 e. The lowest BCUT2D eigenvalue weighted by atomic mass is 10.1.